The van der Waals surface area contributed by atoms with Crippen LogP contribution in [0.3, 0.4) is 0 Å². The van der Waals surface area contributed by atoms with E-state index in [4.69, 9.17) is 16.3 Å². The highest BCUT2D eigenvalue weighted by Crippen LogP contribution is 2.49. The summed E-state index contributed by atoms with van der Waals surface area (Å²) in [7, 11) is 1.32. The van der Waals surface area contributed by atoms with Gasteiger partial charge in [-0.15, -0.1) is 0 Å². The summed E-state index contributed by atoms with van der Waals surface area (Å²) in [6.07, 6.45) is 4.30. The topological polar surface area (TPSA) is 111 Å². The Morgan fingerprint density at radius 3 is 2.60 bits per heavy atom. The summed E-state index contributed by atoms with van der Waals surface area (Å²) in [5, 5.41) is 24.4. The molecule has 35 heavy (non-hydrogen) atoms. The van der Waals surface area contributed by atoms with Gasteiger partial charge in [0.15, 0.2) is 0 Å². The van der Waals surface area contributed by atoms with Crippen molar-refractivity contribution in [3.05, 3.63) is 47.0 Å². The highest BCUT2D eigenvalue weighted by Gasteiger charge is 2.57. The molecule has 7 nitrogen and oxygen atoms in total. The normalized spacial score (nSPS) is 27.6. The highest BCUT2D eigenvalue weighted by molar-refractivity contribution is 6.30. The summed E-state index contributed by atoms with van der Waals surface area (Å²) >= 11 is 5.84. The SMILES string of the molecule is COc1cc(C(=O)O)ccc1NC(=O)[C@@H]1N[C@@H](CC(C)(C)C)[C@H](C#N)[C@H]1C1C=CC=C(Cl)C1(F)F. The van der Waals surface area contributed by atoms with Crippen LogP contribution in [0.25, 0.3) is 0 Å². The van der Waals surface area contributed by atoms with Crippen LogP contribution in [-0.4, -0.2) is 42.1 Å². The number of alkyl halides is 2. The van der Waals surface area contributed by atoms with Crippen molar-refractivity contribution in [2.24, 2.45) is 23.2 Å². The van der Waals surface area contributed by atoms with Crippen LogP contribution in [0.1, 0.15) is 37.6 Å². The quantitative estimate of drug-likeness (QED) is 0.509. The number of benzene rings is 1. The number of anilines is 1. The van der Waals surface area contributed by atoms with Crippen molar-refractivity contribution in [3.8, 4) is 11.8 Å². The lowest BCUT2D eigenvalue weighted by Gasteiger charge is -2.35. The number of methoxy groups -OCH3 is 1. The lowest BCUT2D eigenvalue weighted by Crippen LogP contribution is -2.47. The van der Waals surface area contributed by atoms with Crippen molar-refractivity contribution < 1.29 is 28.2 Å². The number of rotatable bonds is 6. The second-order valence-corrected chi connectivity index (χ2v) is 10.4. The van der Waals surface area contributed by atoms with Crippen LogP contribution in [-0.2, 0) is 4.79 Å². The summed E-state index contributed by atoms with van der Waals surface area (Å²) in [5.41, 5.74) is -0.0965. The molecule has 1 heterocycles. The molecule has 1 aliphatic heterocycles. The summed E-state index contributed by atoms with van der Waals surface area (Å²) in [4.78, 5) is 24.7. The van der Waals surface area contributed by atoms with Crippen LogP contribution >= 0.6 is 11.6 Å². The molecule has 0 spiro atoms. The molecule has 0 bridgehead atoms. The van der Waals surface area contributed by atoms with Crippen molar-refractivity contribution in [1.29, 1.82) is 5.26 Å². The molecule has 1 amide bonds. The van der Waals surface area contributed by atoms with Crippen molar-refractivity contribution in [1.82, 2.24) is 5.32 Å². The van der Waals surface area contributed by atoms with Gasteiger partial charge in [-0.1, -0.05) is 44.5 Å². The van der Waals surface area contributed by atoms with Gasteiger partial charge in [-0.3, -0.25) is 4.79 Å². The standard InChI is InChI=1S/C25H28ClF2N3O4/c1-24(2,3)11-17-14(12-29)20(15-6-5-7-19(26)25(15,27)28)21(30-17)22(32)31-16-9-8-13(23(33)34)10-18(16)35-4/h5-10,14-15,17,20-21,30H,11H2,1-4H3,(H,31,32)(H,33,34)/t14-,15?,17-,20-,21+/m0/s1. The number of hydrogen-bond acceptors (Lipinski definition) is 5. The van der Waals surface area contributed by atoms with E-state index in [0.717, 1.165) is 6.08 Å². The largest absolute Gasteiger partial charge is 0.495 e. The van der Waals surface area contributed by atoms with Crippen LogP contribution in [0.2, 0.25) is 0 Å². The van der Waals surface area contributed by atoms with E-state index >= 15 is 8.78 Å². The van der Waals surface area contributed by atoms with Crippen LogP contribution in [0.4, 0.5) is 14.5 Å². The summed E-state index contributed by atoms with van der Waals surface area (Å²) in [6, 6.07) is 4.43. The second kappa shape index (κ2) is 9.96. The molecule has 2 aliphatic rings. The first-order valence-corrected chi connectivity index (χ1v) is 11.5. The maximum Gasteiger partial charge on any atom is 0.335 e. The average Bonchev–Trinajstić information content (AvgIpc) is 3.11. The van der Waals surface area contributed by atoms with E-state index in [1.54, 1.807) is 0 Å². The zero-order valence-electron chi connectivity index (χ0n) is 19.8. The maximum absolute atomic E-state index is 15.2. The molecule has 1 saturated heterocycles. The molecule has 5 atom stereocenters. The predicted octanol–water partition coefficient (Wildman–Crippen LogP) is 4.81. The molecule has 1 aromatic carbocycles. The molecule has 1 unspecified atom stereocenters. The number of halogens is 3. The number of nitriles is 1. The molecule has 0 aromatic heterocycles. The van der Waals surface area contributed by atoms with Crippen molar-refractivity contribution >= 4 is 29.2 Å². The molecule has 1 aliphatic carbocycles. The summed E-state index contributed by atoms with van der Waals surface area (Å²) in [5.74, 6) is -8.60. The van der Waals surface area contributed by atoms with E-state index in [1.807, 2.05) is 20.8 Å². The number of carboxylic acid groups (broad SMARTS) is 1. The Hall–Kier alpha value is -2.96. The number of allylic oxidation sites excluding steroid dienone is 4. The Balaban J connectivity index is 1.99. The van der Waals surface area contributed by atoms with Gasteiger partial charge >= 0.3 is 5.97 Å². The Morgan fingerprint density at radius 2 is 2.03 bits per heavy atom. The number of nitrogens with zero attached hydrogens (tertiary/aromatic N) is 1. The minimum atomic E-state index is -3.45. The third kappa shape index (κ3) is 5.49. The van der Waals surface area contributed by atoms with Crippen LogP contribution in [0.5, 0.6) is 5.75 Å². The van der Waals surface area contributed by atoms with Gasteiger partial charge in [-0.2, -0.15) is 14.0 Å². The number of carbonyl (C=O) groups excluding carboxylic acids is 1. The Kier molecular flexibility index (Phi) is 7.58. The van der Waals surface area contributed by atoms with Crippen molar-refractivity contribution in [3.63, 3.8) is 0 Å². The van der Waals surface area contributed by atoms with E-state index in [9.17, 15) is 20.0 Å². The monoisotopic (exact) mass is 507 g/mol. The third-order valence-corrected chi connectivity index (χ3v) is 6.69. The van der Waals surface area contributed by atoms with E-state index in [0.29, 0.717) is 6.42 Å². The highest BCUT2D eigenvalue weighted by atomic mass is 35.5. The summed E-state index contributed by atoms with van der Waals surface area (Å²) in [6.45, 7) is 5.90. The molecule has 0 saturated carbocycles. The van der Waals surface area contributed by atoms with E-state index in [1.165, 1.54) is 37.5 Å². The first kappa shape index (κ1) is 26.6. The minimum absolute atomic E-state index is 0.0417. The molecule has 0 radical (unpaired) electrons. The molecule has 10 heteroatoms. The van der Waals surface area contributed by atoms with Crippen molar-refractivity contribution in [2.45, 2.75) is 45.2 Å². The van der Waals surface area contributed by atoms with E-state index in [-0.39, 0.29) is 22.4 Å². The lowest BCUT2D eigenvalue weighted by molar-refractivity contribution is -0.120. The molecule has 3 rings (SSSR count). The van der Waals surface area contributed by atoms with E-state index < -0.39 is 52.7 Å². The summed E-state index contributed by atoms with van der Waals surface area (Å²) < 4.78 is 35.6. The Bertz CT molecular complexity index is 1110. The van der Waals surface area contributed by atoms with Gasteiger partial charge in [-0.25, -0.2) is 4.79 Å². The van der Waals surface area contributed by atoms with Gasteiger partial charge in [-0.05, 0) is 36.1 Å². The molecular weight excluding hydrogens is 480 g/mol. The third-order valence-electron chi connectivity index (χ3n) is 6.31. The second-order valence-electron chi connectivity index (χ2n) is 10.0. The van der Waals surface area contributed by atoms with Gasteiger partial charge in [0.1, 0.15) is 5.75 Å². The van der Waals surface area contributed by atoms with Crippen LogP contribution in [0.15, 0.2) is 41.5 Å². The van der Waals surface area contributed by atoms with Crippen molar-refractivity contribution in [2.75, 3.05) is 12.4 Å². The van der Waals surface area contributed by atoms with Gasteiger partial charge in [0.25, 0.3) is 5.92 Å². The zero-order valence-corrected chi connectivity index (χ0v) is 20.6. The predicted molar refractivity (Wildman–Crippen MR) is 127 cm³/mol. The fourth-order valence-corrected chi connectivity index (χ4v) is 4.98. The molecule has 1 fully saturated rings. The number of nitrogens with one attached hydrogen (secondary N) is 2. The Morgan fingerprint density at radius 1 is 1.34 bits per heavy atom. The number of aromatic carboxylic acids is 1. The minimum Gasteiger partial charge on any atom is -0.495 e. The first-order valence-electron chi connectivity index (χ1n) is 11.1. The van der Waals surface area contributed by atoms with E-state index in [2.05, 4.69) is 16.7 Å². The molecule has 3 N–H and O–H groups in total. The smallest absolute Gasteiger partial charge is 0.335 e. The average molecular weight is 508 g/mol. The molecular formula is C25H28ClF2N3O4. The number of hydrogen-bond donors (Lipinski definition) is 3. The molecule has 1 aromatic rings. The fraction of sp³-hybridized carbons (Fsp3) is 0.480. The number of carbonyl (C=O) groups is 2. The molecule has 188 valence electrons. The number of carboxylic acids is 1. The van der Waals surface area contributed by atoms with Crippen LogP contribution < -0.4 is 15.4 Å². The number of amides is 1. The fourth-order valence-electron chi connectivity index (χ4n) is 4.78. The Labute approximate surface area is 207 Å². The zero-order chi connectivity index (χ0) is 26.1. The maximum atomic E-state index is 15.2. The van der Waals surface area contributed by atoms with Crippen LogP contribution in [0, 0.1) is 34.5 Å². The van der Waals surface area contributed by atoms with Gasteiger partial charge < -0.3 is 20.5 Å². The van der Waals surface area contributed by atoms with Gasteiger partial charge in [0.2, 0.25) is 5.91 Å². The first-order chi connectivity index (χ1) is 16.3. The number of ether oxygens (including phenoxy) is 1. The van der Waals surface area contributed by atoms with Gasteiger partial charge in [0, 0.05) is 12.0 Å². The van der Waals surface area contributed by atoms with Gasteiger partial charge in [0.05, 0.1) is 47.3 Å². The lowest BCUT2D eigenvalue weighted by atomic mass is 9.72.